The number of carbonyl (C=O) groups excluding carboxylic acids is 1. The number of hydrogen-bond donors (Lipinski definition) is 1. The molecule has 1 saturated carbocycles. The number of amides is 1. The summed E-state index contributed by atoms with van der Waals surface area (Å²) in [6.07, 6.45) is 1.34. The van der Waals surface area contributed by atoms with Crippen LogP contribution < -0.4 is 5.32 Å². The quantitative estimate of drug-likeness (QED) is 0.831. The molecular weight excluding hydrogens is 248 g/mol. The Morgan fingerprint density at radius 2 is 2.12 bits per heavy atom. The molecule has 0 aromatic heterocycles. The highest BCUT2D eigenvalue weighted by Crippen LogP contribution is 2.38. The highest BCUT2D eigenvalue weighted by Gasteiger charge is 2.32. The maximum atomic E-state index is 13.4. The molecule has 0 spiro atoms. The summed E-state index contributed by atoms with van der Waals surface area (Å²) in [6, 6.07) is 3.66. The summed E-state index contributed by atoms with van der Waals surface area (Å²) in [5, 5.41) is 2.73. The maximum Gasteiger partial charge on any atom is 0.235 e. The standard InChI is InChI=1S/C12H12ClF2NO/c13-6-12(17)16-9-3-7(4-9)10-2-1-8(14)5-11(10)15/h1-2,5,7,9H,3-4,6H2,(H,16,17). The fraction of sp³-hybridized carbons (Fsp3) is 0.417. The highest BCUT2D eigenvalue weighted by atomic mass is 35.5. The fourth-order valence-corrected chi connectivity index (χ4v) is 2.17. The summed E-state index contributed by atoms with van der Waals surface area (Å²) in [7, 11) is 0. The molecule has 2 rings (SSSR count). The van der Waals surface area contributed by atoms with Crippen molar-refractivity contribution in [1.82, 2.24) is 5.32 Å². The summed E-state index contributed by atoms with van der Waals surface area (Å²) in [5.74, 6) is -1.31. The second-order valence-corrected chi connectivity index (χ2v) is 4.50. The first-order valence-corrected chi connectivity index (χ1v) is 5.94. The van der Waals surface area contributed by atoms with E-state index in [0.717, 1.165) is 6.07 Å². The molecule has 1 aliphatic rings. The summed E-state index contributed by atoms with van der Waals surface area (Å²) >= 11 is 5.36. The number of alkyl halides is 1. The van der Waals surface area contributed by atoms with Gasteiger partial charge in [0.2, 0.25) is 5.91 Å². The monoisotopic (exact) mass is 259 g/mol. The van der Waals surface area contributed by atoms with Crippen molar-refractivity contribution in [2.75, 3.05) is 5.88 Å². The van der Waals surface area contributed by atoms with Crippen molar-refractivity contribution >= 4 is 17.5 Å². The van der Waals surface area contributed by atoms with Crippen LogP contribution in [0, 0.1) is 11.6 Å². The minimum Gasteiger partial charge on any atom is -0.352 e. The van der Waals surface area contributed by atoms with Gasteiger partial charge in [-0.1, -0.05) is 6.07 Å². The molecule has 2 nitrogen and oxygen atoms in total. The van der Waals surface area contributed by atoms with Crippen molar-refractivity contribution in [2.45, 2.75) is 24.8 Å². The Kier molecular flexibility index (Phi) is 3.62. The Labute approximate surface area is 103 Å². The fourth-order valence-electron chi connectivity index (χ4n) is 2.09. The third-order valence-electron chi connectivity index (χ3n) is 3.03. The number of halogens is 3. The lowest BCUT2D eigenvalue weighted by Crippen LogP contribution is -2.44. The second kappa shape index (κ2) is 5.00. The Bertz CT molecular complexity index is 433. The molecular formula is C12H12ClF2NO. The Morgan fingerprint density at radius 3 is 2.71 bits per heavy atom. The molecule has 1 fully saturated rings. The van der Waals surface area contributed by atoms with Gasteiger partial charge in [0.15, 0.2) is 0 Å². The van der Waals surface area contributed by atoms with E-state index in [2.05, 4.69) is 5.32 Å². The minimum absolute atomic E-state index is 0.0516. The number of benzene rings is 1. The van der Waals surface area contributed by atoms with E-state index >= 15 is 0 Å². The molecule has 0 aliphatic heterocycles. The first-order chi connectivity index (χ1) is 8.10. The summed E-state index contributed by atoms with van der Waals surface area (Å²) in [4.78, 5) is 11.0. The van der Waals surface area contributed by atoms with E-state index in [1.807, 2.05) is 0 Å². The van der Waals surface area contributed by atoms with E-state index < -0.39 is 11.6 Å². The molecule has 1 amide bonds. The highest BCUT2D eigenvalue weighted by molar-refractivity contribution is 6.27. The lowest BCUT2D eigenvalue weighted by atomic mass is 9.75. The van der Waals surface area contributed by atoms with Gasteiger partial charge in [0.05, 0.1) is 0 Å². The number of rotatable bonds is 3. The third-order valence-corrected chi connectivity index (χ3v) is 3.27. The van der Waals surface area contributed by atoms with Crippen LogP contribution in [0.25, 0.3) is 0 Å². The first kappa shape index (κ1) is 12.3. The lowest BCUT2D eigenvalue weighted by molar-refractivity contribution is -0.120. The van der Waals surface area contributed by atoms with Crippen LogP contribution in [0.15, 0.2) is 18.2 Å². The van der Waals surface area contributed by atoms with E-state index in [4.69, 9.17) is 11.6 Å². The average molecular weight is 260 g/mol. The molecule has 0 bridgehead atoms. The maximum absolute atomic E-state index is 13.4. The van der Waals surface area contributed by atoms with Gasteiger partial charge >= 0.3 is 0 Å². The van der Waals surface area contributed by atoms with Gasteiger partial charge in [0.25, 0.3) is 0 Å². The van der Waals surface area contributed by atoms with Crippen LogP contribution in [-0.2, 0) is 4.79 Å². The van der Waals surface area contributed by atoms with Crippen molar-refractivity contribution in [3.8, 4) is 0 Å². The zero-order valence-corrected chi connectivity index (χ0v) is 9.81. The van der Waals surface area contributed by atoms with Crippen LogP contribution in [0.5, 0.6) is 0 Å². The number of carbonyl (C=O) groups is 1. The second-order valence-electron chi connectivity index (χ2n) is 4.23. The molecule has 0 saturated heterocycles. The van der Waals surface area contributed by atoms with Gasteiger partial charge in [0.1, 0.15) is 17.5 Å². The molecule has 0 atom stereocenters. The van der Waals surface area contributed by atoms with E-state index in [1.54, 1.807) is 0 Å². The molecule has 5 heteroatoms. The van der Waals surface area contributed by atoms with Gasteiger partial charge in [0, 0.05) is 12.1 Å². The Hall–Kier alpha value is -1.16. The largest absolute Gasteiger partial charge is 0.352 e. The van der Waals surface area contributed by atoms with E-state index in [1.165, 1.54) is 12.1 Å². The molecule has 0 radical (unpaired) electrons. The number of hydrogen-bond acceptors (Lipinski definition) is 1. The van der Waals surface area contributed by atoms with Crippen molar-refractivity contribution in [2.24, 2.45) is 0 Å². The topological polar surface area (TPSA) is 29.1 Å². The van der Waals surface area contributed by atoms with Crippen molar-refractivity contribution < 1.29 is 13.6 Å². The van der Waals surface area contributed by atoms with E-state index in [-0.39, 0.29) is 23.7 Å². The Balaban J connectivity index is 1.93. The van der Waals surface area contributed by atoms with E-state index in [9.17, 15) is 13.6 Å². The van der Waals surface area contributed by atoms with Crippen LogP contribution in [0.4, 0.5) is 8.78 Å². The van der Waals surface area contributed by atoms with Gasteiger partial charge in [-0.2, -0.15) is 0 Å². The molecule has 1 aromatic carbocycles. The SMILES string of the molecule is O=C(CCl)NC1CC(c2ccc(F)cc2F)C1. The van der Waals surface area contributed by atoms with Crippen molar-refractivity contribution in [3.05, 3.63) is 35.4 Å². The molecule has 1 aliphatic carbocycles. The Morgan fingerprint density at radius 1 is 1.41 bits per heavy atom. The first-order valence-electron chi connectivity index (χ1n) is 5.40. The van der Waals surface area contributed by atoms with Gasteiger partial charge in [-0.05, 0) is 30.4 Å². The summed E-state index contributed by atoms with van der Waals surface area (Å²) in [6.45, 7) is 0. The zero-order chi connectivity index (χ0) is 12.4. The van der Waals surface area contributed by atoms with E-state index in [0.29, 0.717) is 18.4 Å². The van der Waals surface area contributed by atoms with Gasteiger partial charge in [-0.25, -0.2) is 8.78 Å². The molecule has 1 aromatic rings. The summed E-state index contributed by atoms with van der Waals surface area (Å²) < 4.78 is 26.1. The lowest BCUT2D eigenvalue weighted by Gasteiger charge is -2.36. The van der Waals surface area contributed by atoms with Crippen LogP contribution in [0.3, 0.4) is 0 Å². The van der Waals surface area contributed by atoms with Gasteiger partial charge in [-0.3, -0.25) is 4.79 Å². The van der Waals surface area contributed by atoms with Crippen LogP contribution >= 0.6 is 11.6 Å². The molecule has 0 unspecified atom stereocenters. The minimum atomic E-state index is -0.572. The molecule has 0 heterocycles. The molecule has 1 N–H and O–H groups in total. The predicted octanol–water partition coefficient (Wildman–Crippen LogP) is 2.57. The zero-order valence-electron chi connectivity index (χ0n) is 9.05. The third kappa shape index (κ3) is 2.75. The van der Waals surface area contributed by atoms with Crippen molar-refractivity contribution in [1.29, 1.82) is 0 Å². The van der Waals surface area contributed by atoms with Gasteiger partial charge in [-0.15, -0.1) is 11.6 Å². The predicted molar refractivity (Wildman–Crippen MR) is 61.0 cm³/mol. The smallest absolute Gasteiger partial charge is 0.235 e. The van der Waals surface area contributed by atoms with Crippen LogP contribution in [0.2, 0.25) is 0 Å². The van der Waals surface area contributed by atoms with Crippen molar-refractivity contribution in [3.63, 3.8) is 0 Å². The van der Waals surface area contributed by atoms with Gasteiger partial charge < -0.3 is 5.32 Å². The van der Waals surface area contributed by atoms with Crippen LogP contribution in [0.1, 0.15) is 24.3 Å². The average Bonchev–Trinajstić information content (AvgIpc) is 2.24. The van der Waals surface area contributed by atoms with Crippen LogP contribution in [-0.4, -0.2) is 17.8 Å². The molecule has 92 valence electrons. The normalized spacial score (nSPS) is 23.0. The molecule has 17 heavy (non-hydrogen) atoms. The summed E-state index contributed by atoms with van der Waals surface area (Å²) in [5.41, 5.74) is 0.516. The number of nitrogens with one attached hydrogen (secondary N) is 1.